The van der Waals surface area contributed by atoms with Gasteiger partial charge in [0.1, 0.15) is 4.60 Å². The molecule has 44 valence electrons. The van der Waals surface area contributed by atoms with Gasteiger partial charge >= 0.3 is 0 Å². The van der Waals surface area contributed by atoms with Crippen molar-refractivity contribution in [3.63, 3.8) is 0 Å². The van der Waals surface area contributed by atoms with Crippen LogP contribution in [0.4, 0.5) is 5.82 Å². The van der Waals surface area contributed by atoms with Crippen molar-refractivity contribution < 1.29 is 0 Å². The molecule has 5 heteroatoms. The summed E-state index contributed by atoms with van der Waals surface area (Å²) in [6.07, 6.45) is 0. The topological polar surface area (TPSA) is 54.7 Å². The van der Waals surface area contributed by atoms with Crippen LogP contribution in [0.25, 0.3) is 0 Å². The number of nitrogens with two attached hydrogens (primary N) is 1. The van der Waals surface area contributed by atoms with Crippen LogP contribution in [0.5, 0.6) is 0 Å². The Morgan fingerprint density at radius 3 is 2.25 bits per heavy atom. The minimum Gasteiger partial charge on any atom is -0.381 e. The monoisotopic (exact) mass is 239 g/mol. The molecule has 1 heterocycles. The molecule has 0 amide bonds. The zero-order valence-electron chi connectivity index (χ0n) is 3.78. The van der Waals surface area contributed by atoms with Gasteiger partial charge in [0.2, 0.25) is 0 Å². The van der Waals surface area contributed by atoms with Gasteiger partial charge in [-0.2, -0.15) is 5.10 Å². The van der Waals surface area contributed by atoms with E-state index in [2.05, 4.69) is 42.1 Å². The highest BCUT2D eigenvalue weighted by atomic mass is 79.9. The highest BCUT2D eigenvalue weighted by molar-refractivity contribution is 9.13. The Morgan fingerprint density at radius 2 is 2.12 bits per heavy atom. The number of hydrogen-bond donors (Lipinski definition) is 2. The van der Waals surface area contributed by atoms with Gasteiger partial charge in [0, 0.05) is 0 Å². The van der Waals surface area contributed by atoms with Gasteiger partial charge in [-0.25, -0.2) is 0 Å². The molecular weight excluding hydrogens is 238 g/mol. The minimum atomic E-state index is 0.469. The Morgan fingerprint density at radius 1 is 1.50 bits per heavy atom. The zero-order chi connectivity index (χ0) is 6.15. The lowest BCUT2D eigenvalue weighted by molar-refractivity contribution is 1.08. The molecule has 3 nitrogen and oxygen atoms in total. The summed E-state index contributed by atoms with van der Waals surface area (Å²) in [5.41, 5.74) is 5.32. The number of hydrogen-bond acceptors (Lipinski definition) is 2. The molecule has 0 aromatic carbocycles. The second-order valence-corrected chi connectivity index (χ2v) is 2.82. The van der Waals surface area contributed by atoms with E-state index in [4.69, 9.17) is 5.73 Å². The summed E-state index contributed by atoms with van der Waals surface area (Å²) in [6.45, 7) is 0. The molecule has 0 spiro atoms. The Hall–Kier alpha value is -0.0300. The maximum atomic E-state index is 5.32. The molecule has 0 aliphatic heterocycles. The van der Waals surface area contributed by atoms with Gasteiger partial charge in [-0.3, -0.25) is 5.10 Å². The predicted octanol–water partition coefficient (Wildman–Crippen LogP) is 1.52. The van der Waals surface area contributed by atoms with Crippen LogP contribution in [0.1, 0.15) is 0 Å². The molecule has 0 radical (unpaired) electrons. The molecule has 0 aliphatic carbocycles. The molecule has 1 rings (SSSR count). The minimum absolute atomic E-state index is 0.469. The number of halogens is 2. The zero-order valence-corrected chi connectivity index (χ0v) is 6.95. The Labute approximate surface area is 62.9 Å². The molecule has 0 saturated heterocycles. The number of aromatic amines is 1. The Kier molecular flexibility index (Phi) is 1.57. The third-order valence-corrected chi connectivity index (χ3v) is 2.60. The first-order valence-electron chi connectivity index (χ1n) is 1.86. The van der Waals surface area contributed by atoms with Gasteiger partial charge in [-0.05, 0) is 31.9 Å². The predicted molar refractivity (Wildman–Crippen MR) is 38.4 cm³/mol. The molecule has 0 bridgehead atoms. The van der Waals surface area contributed by atoms with Crippen molar-refractivity contribution in [3.05, 3.63) is 9.08 Å². The molecule has 1 aromatic rings. The van der Waals surface area contributed by atoms with Crippen molar-refractivity contribution in [3.8, 4) is 0 Å². The first kappa shape index (κ1) is 6.10. The first-order chi connectivity index (χ1) is 3.72. The quantitative estimate of drug-likeness (QED) is 0.723. The number of rotatable bonds is 0. The van der Waals surface area contributed by atoms with Crippen LogP contribution < -0.4 is 5.73 Å². The average molecular weight is 241 g/mol. The molecule has 8 heavy (non-hydrogen) atoms. The molecule has 3 N–H and O–H groups in total. The summed E-state index contributed by atoms with van der Waals surface area (Å²) < 4.78 is 1.55. The Balaban J connectivity index is 3.19. The highest BCUT2D eigenvalue weighted by Crippen LogP contribution is 2.24. The highest BCUT2D eigenvalue weighted by Gasteiger charge is 2.01. The van der Waals surface area contributed by atoms with Crippen molar-refractivity contribution >= 4 is 37.7 Å². The van der Waals surface area contributed by atoms with Gasteiger partial charge < -0.3 is 5.73 Å². The Bertz CT molecular complexity index is 175. The third kappa shape index (κ3) is 0.877. The van der Waals surface area contributed by atoms with Crippen molar-refractivity contribution in [2.24, 2.45) is 0 Å². The van der Waals surface area contributed by atoms with Crippen LogP contribution in [0.15, 0.2) is 9.08 Å². The molecule has 0 aliphatic rings. The largest absolute Gasteiger partial charge is 0.381 e. The van der Waals surface area contributed by atoms with E-state index in [9.17, 15) is 0 Å². The van der Waals surface area contributed by atoms with E-state index >= 15 is 0 Å². The van der Waals surface area contributed by atoms with Gasteiger partial charge in [0.15, 0.2) is 5.82 Å². The van der Waals surface area contributed by atoms with Crippen LogP contribution in [-0.4, -0.2) is 10.2 Å². The average Bonchev–Trinajstić information content (AvgIpc) is 1.98. The molecule has 0 fully saturated rings. The number of nitrogens with one attached hydrogen (secondary N) is 1. The molecule has 0 saturated carbocycles. The van der Waals surface area contributed by atoms with E-state index < -0.39 is 0 Å². The molecule has 0 atom stereocenters. The summed E-state index contributed by atoms with van der Waals surface area (Å²) in [5, 5.41) is 6.31. The first-order valence-corrected chi connectivity index (χ1v) is 3.45. The number of anilines is 1. The fraction of sp³-hybridized carbons (Fsp3) is 0. The molecule has 0 unspecified atom stereocenters. The molecular formula is C3H3Br2N3. The fourth-order valence-corrected chi connectivity index (χ4v) is 0.789. The van der Waals surface area contributed by atoms with E-state index in [1.165, 1.54) is 0 Å². The summed E-state index contributed by atoms with van der Waals surface area (Å²) in [6, 6.07) is 0. The number of nitrogen functional groups attached to an aromatic ring is 1. The summed E-state index contributed by atoms with van der Waals surface area (Å²) in [4.78, 5) is 0. The third-order valence-electron chi connectivity index (χ3n) is 0.692. The number of nitrogens with zero attached hydrogens (tertiary/aromatic N) is 1. The van der Waals surface area contributed by atoms with E-state index in [0.29, 0.717) is 5.82 Å². The van der Waals surface area contributed by atoms with Crippen molar-refractivity contribution in [2.45, 2.75) is 0 Å². The lowest BCUT2D eigenvalue weighted by Crippen LogP contribution is -1.83. The fourth-order valence-electron chi connectivity index (χ4n) is 0.320. The normalized spacial score (nSPS) is 9.75. The van der Waals surface area contributed by atoms with Gasteiger partial charge in [-0.1, -0.05) is 0 Å². The number of H-pyrrole nitrogens is 1. The smallest absolute Gasteiger partial charge is 0.160 e. The van der Waals surface area contributed by atoms with E-state index in [1.54, 1.807) is 0 Å². The van der Waals surface area contributed by atoms with Crippen molar-refractivity contribution in [1.29, 1.82) is 0 Å². The van der Waals surface area contributed by atoms with Crippen molar-refractivity contribution in [2.75, 3.05) is 5.73 Å². The van der Waals surface area contributed by atoms with Crippen LogP contribution in [-0.2, 0) is 0 Å². The van der Waals surface area contributed by atoms with Crippen LogP contribution in [0.2, 0.25) is 0 Å². The van der Waals surface area contributed by atoms with Crippen molar-refractivity contribution in [1.82, 2.24) is 10.2 Å². The van der Waals surface area contributed by atoms with E-state index in [-0.39, 0.29) is 0 Å². The maximum absolute atomic E-state index is 5.32. The second-order valence-electron chi connectivity index (χ2n) is 1.24. The number of aromatic nitrogens is 2. The lowest BCUT2D eigenvalue weighted by atomic mass is 10.7. The summed E-state index contributed by atoms with van der Waals surface area (Å²) >= 11 is 6.35. The van der Waals surface area contributed by atoms with Crippen LogP contribution >= 0.6 is 31.9 Å². The van der Waals surface area contributed by atoms with E-state index in [1.807, 2.05) is 0 Å². The van der Waals surface area contributed by atoms with Gasteiger partial charge in [0.25, 0.3) is 0 Å². The van der Waals surface area contributed by atoms with E-state index in [0.717, 1.165) is 9.08 Å². The summed E-state index contributed by atoms with van der Waals surface area (Å²) in [7, 11) is 0. The molecule has 1 aromatic heterocycles. The van der Waals surface area contributed by atoms with Gasteiger partial charge in [-0.15, -0.1) is 0 Å². The van der Waals surface area contributed by atoms with Crippen LogP contribution in [0.3, 0.4) is 0 Å². The SMILES string of the molecule is Nc1n[nH]c(Br)c1Br. The van der Waals surface area contributed by atoms with Gasteiger partial charge in [0.05, 0.1) is 4.47 Å². The maximum Gasteiger partial charge on any atom is 0.160 e. The second kappa shape index (κ2) is 2.06. The van der Waals surface area contributed by atoms with Crippen LogP contribution in [0, 0.1) is 0 Å². The lowest BCUT2D eigenvalue weighted by Gasteiger charge is -1.79. The summed E-state index contributed by atoms with van der Waals surface area (Å²) in [5.74, 6) is 0.469. The standard InChI is InChI=1S/C3H3Br2N3/c4-1-2(5)7-8-3(1)6/h(H3,6,7,8).